The molecule has 0 bridgehead atoms. The first-order valence-electron chi connectivity index (χ1n) is 4.60. The number of hydrogen-bond acceptors (Lipinski definition) is 3. The van der Waals surface area contributed by atoms with Crippen LogP contribution in [0.25, 0.3) is 0 Å². The number of rotatable bonds is 3. The van der Waals surface area contributed by atoms with Gasteiger partial charge in [0.15, 0.2) is 6.29 Å². The molecule has 1 aromatic heterocycles. The van der Waals surface area contributed by atoms with Crippen molar-refractivity contribution in [2.24, 2.45) is 7.05 Å². The Morgan fingerprint density at radius 2 is 2.31 bits per heavy atom. The molecule has 0 aliphatic heterocycles. The third kappa shape index (κ3) is 2.30. The summed E-state index contributed by atoms with van der Waals surface area (Å²) >= 11 is 1.39. The molecule has 0 atom stereocenters. The number of carbonyl (C=O) groups is 1. The highest BCUT2D eigenvalue weighted by atomic mass is 32.2. The van der Waals surface area contributed by atoms with Gasteiger partial charge >= 0.3 is 0 Å². The Hall–Kier alpha value is -1.62. The molecule has 3 nitrogen and oxygen atoms in total. The van der Waals surface area contributed by atoms with Crippen LogP contribution in [0.3, 0.4) is 0 Å². The van der Waals surface area contributed by atoms with Crippen molar-refractivity contribution in [3.63, 3.8) is 0 Å². The summed E-state index contributed by atoms with van der Waals surface area (Å²) in [7, 11) is 1.81. The monoisotopic (exact) mass is 236 g/mol. The first-order valence-corrected chi connectivity index (χ1v) is 5.42. The maximum atomic E-state index is 12.9. The van der Waals surface area contributed by atoms with Gasteiger partial charge in [-0.2, -0.15) is 5.10 Å². The molecule has 0 unspecified atom stereocenters. The third-order valence-electron chi connectivity index (χ3n) is 2.01. The van der Waals surface area contributed by atoms with Crippen LogP contribution in [0, 0.1) is 5.82 Å². The van der Waals surface area contributed by atoms with E-state index in [1.165, 1.54) is 23.9 Å². The predicted molar refractivity (Wildman–Crippen MR) is 59.1 cm³/mol. The van der Waals surface area contributed by atoms with Gasteiger partial charge in [-0.1, -0.05) is 11.8 Å². The molecule has 0 spiro atoms. The molecule has 1 heterocycles. The number of aryl methyl sites for hydroxylation is 1. The fraction of sp³-hybridized carbons (Fsp3) is 0.0909. The highest BCUT2D eigenvalue weighted by Crippen LogP contribution is 2.29. The zero-order chi connectivity index (χ0) is 11.5. The quantitative estimate of drug-likeness (QED) is 0.768. The number of nitrogens with zero attached hydrogens (tertiary/aromatic N) is 2. The van der Waals surface area contributed by atoms with E-state index in [0.29, 0.717) is 11.8 Å². The van der Waals surface area contributed by atoms with Crippen molar-refractivity contribution in [3.05, 3.63) is 42.0 Å². The minimum Gasteiger partial charge on any atom is -0.298 e. The van der Waals surface area contributed by atoms with Crippen LogP contribution in [0.4, 0.5) is 4.39 Å². The van der Waals surface area contributed by atoms with Gasteiger partial charge in [0, 0.05) is 23.7 Å². The molecule has 0 saturated carbocycles. The molecule has 0 fully saturated rings. The van der Waals surface area contributed by atoms with Crippen molar-refractivity contribution in [2.45, 2.75) is 9.79 Å². The number of halogens is 1. The lowest BCUT2D eigenvalue weighted by atomic mass is 10.2. The Bertz CT molecular complexity index is 524. The van der Waals surface area contributed by atoms with E-state index in [4.69, 9.17) is 0 Å². The highest BCUT2D eigenvalue weighted by molar-refractivity contribution is 7.99. The number of aromatic nitrogens is 2. The van der Waals surface area contributed by atoms with Crippen molar-refractivity contribution >= 4 is 18.0 Å². The number of hydrogen-bond donors (Lipinski definition) is 0. The van der Waals surface area contributed by atoms with Gasteiger partial charge in [-0.25, -0.2) is 4.39 Å². The molecule has 0 aliphatic carbocycles. The first-order chi connectivity index (χ1) is 7.69. The number of carbonyl (C=O) groups excluding carboxylic acids is 1. The summed E-state index contributed by atoms with van der Waals surface area (Å²) in [6.45, 7) is 0. The molecular weight excluding hydrogens is 227 g/mol. The van der Waals surface area contributed by atoms with E-state index < -0.39 is 5.82 Å². The second-order valence-corrected chi connectivity index (χ2v) is 4.37. The maximum absolute atomic E-state index is 12.9. The molecule has 0 saturated heterocycles. The van der Waals surface area contributed by atoms with Crippen molar-refractivity contribution in [1.29, 1.82) is 0 Å². The normalized spacial score (nSPS) is 10.4. The Morgan fingerprint density at radius 1 is 1.50 bits per heavy atom. The van der Waals surface area contributed by atoms with Crippen molar-refractivity contribution in [2.75, 3.05) is 0 Å². The van der Waals surface area contributed by atoms with Gasteiger partial charge < -0.3 is 0 Å². The van der Waals surface area contributed by atoms with Gasteiger partial charge in [0.25, 0.3) is 0 Å². The van der Waals surface area contributed by atoms with Gasteiger partial charge in [0.1, 0.15) is 5.82 Å². The van der Waals surface area contributed by atoms with Crippen LogP contribution in [-0.4, -0.2) is 16.1 Å². The summed E-state index contributed by atoms with van der Waals surface area (Å²) in [5, 5.41) is 4.02. The average molecular weight is 236 g/mol. The van der Waals surface area contributed by atoms with Crippen LogP contribution < -0.4 is 0 Å². The molecule has 0 N–H and O–H groups in total. The molecule has 0 radical (unpaired) electrons. The summed E-state index contributed by atoms with van der Waals surface area (Å²) in [4.78, 5) is 12.4. The maximum Gasteiger partial charge on any atom is 0.151 e. The molecular formula is C11H9FN2OS. The standard InChI is InChI=1S/C11H9FN2OS/c1-14-6-10(5-13-14)16-11-3-2-9(12)4-8(11)7-15/h2-7H,1H3. The fourth-order valence-electron chi connectivity index (χ4n) is 1.28. The van der Waals surface area contributed by atoms with Crippen molar-refractivity contribution in [1.82, 2.24) is 9.78 Å². The molecule has 0 amide bonds. The van der Waals surface area contributed by atoms with E-state index in [1.807, 2.05) is 13.2 Å². The molecule has 0 aliphatic rings. The van der Waals surface area contributed by atoms with E-state index in [2.05, 4.69) is 5.10 Å². The average Bonchev–Trinajstić information content (AvgIpc) is 2.67. The minimum atomic E-state index is -0.405. The van der Waals surface area contributed by atoms with Crippen LogP contribution in [0.1, 0.15) is 10.4 Å². The minimum absolute atomic E-state index is 0.355. The smallest absolute Gasteiger partial charge is 0.151 e. The summed E-state index contributed by atoms with van der Waals surface area (Å²) in [6.07, 6.45) is 4.19. The number of benzene rings is 1. The van der Waals surface area contributed by atoms with Crippen LogP contribution in [0.15, 0.2) is 40.4 Å². The van der Waals surface area contributed by atoms with Crippen molar-refractivity contribution < 1.29 is 9.18 Å². The SMILES string of the molecule is Cn1cc(Sc2ccc(F)cc2C=O)cn1. The second-order valence-electron chi connectivity index (χ2n) is 3.25. The van der Waals surface area contributed by atoms with Crippen LogP contribution in [0.5, 0.6) is 0 Å². The lowest BCUT2D eigenvalue weighted by Gasteiger charge is -2.01. The Morgan fingerprint density at radius 3 is 2.94 bits per heavy atom. The second kappa shape index (κ2) is 4.49. The fourth-order valence-corrected chi connectivity index (χ4v) is 2.20. The topological polar surface area (TPSA) is 34.9 Å². The number of aldehydes is 1. The van der Waals surface area contributed by atoms with E-state index >= 15 is 0 Å². The third-order valence-corrected chi connectivity index (χ3v) is 3.05. The van der Waals surface area contributed by atoms with Crippen LogP contribution in [-0.2, 0) is 7.05 Å². The highest BCUT2D eigenvalue weighted by Gasteiger charge is 2.06. The van der Waals surface area contributed by atoms with E-state index in [1.54, 1.807) is 16.9 Å². The molecule has 16 heavy (non-hydrogen) atoms. The first kappa shape index (κ1) is 10.9. The molecule has 2 rings (SSSR count). The lowest BCUT2D eigenvalue weighted by molar-refractivity contribution is 0.112. The van der Waals surface area contributed by atoms with Gasteiger partial charge in [0.2, 0.25) is 0 Å². The van der Waals surface area contributed by atoms with Gasteiger partial charge in [-0.15, -0.1) is 0 Å². The van der Waals surface area contributed by atoms with Crippen LogP contribution >= 0.6 is 11.8 Å². The molecule has 2 aromatic rings. The predicted octanol–water partition coefficient (Wildman–Crippen LogP) is 2.52. The van der Waals surface area contributed by atoms with Crippen LogP contribution in [0.2, 0.25) is 0 Å². The van der Waals surface area contributed by atoms with Crippen molar-refractivity contribution in [3.8, 4) is 0 Å². The van der Waals surface area contributed by atoms with Gasteiger partial charge in [-0.05, 0) is 18.2 Å². The molecule has 1 aromatic carbocycles. The largest absolute Gasteiger partial charge is 0.298 e. The van der Waals surface area contributed by atoms with Gasteiger partial charge in [0.05, 0.1) is 11.1 Å². The van der Waals surface area contributed by atoms with Gasteiger partial charge in [-0.3, -0.25) is 9.48 Å². The van der Waals surface area contributed by atoms with E-state index in [9.17, 15) is 9.18 Å². The zero-order valence-electron chi connectivity index (χ0n) is 8.55. The Kier molecular flexibility index (Phi) is 3.05. The van der Waals surface area contributed by atoms with E-state index in [0.717, 1.165) is 9.79 Å². The van der Waals surface area contributed by atoms with E-state index in [-0.39, 0.29) is 0 Å². The Labute approximate surface area is 96.3 Å². The summed E-state index contributed by atoms with van der Waals surface area (Å²) in [5.41, 5.74) is 0.355. The summed E-state index contributed by atoms with van der Waals surface area (Å²) in [5.74, 6) is -0.405. The zero-order valence-corrected chi connectivity index (χ0v) is 9.37. The molecule has 82 valence electrons. The lowest BCUT2D eigenvalue weighted by Crippen LogP contribution is -1.87. The summed E-state index contributed by atoms with van der Waals surface area (Å²) in [6, 6.07) is 4.16. The Balaban J connectivity index is 2.30. The molecule has 5 heteroatoms. The summed E-state index contributed by atoms with van der Waals surface area (Å²) < 4.78 is 14.6.